The van der Waals surface area contributed by atoms with E-state index in [4.69, 9.17) is 9.84 Å². The number of carbonyl (C=O) groups is 1. The highest BCUT2D eigenvalue weighted by atomic mass is 16.5. The summed E-state index contributed by atoms with van der Waals surface area (Å²) in [6.07, 6.45) is 3.64. The molecule has 0 unspecified atom stereocenters. The lowest BCUT2D eigenvalue weighted by molar-refractivity contribution is 0.0693. The molecule has 0 saturated heterocycles. The van der Waals surface area contributed by atoms with Crippen LogP contribution < -0.4 is 4.74 Å². The smallest absolute Gasteiger partial charge is 0.339 e. The Kier molecular flexibility index (Phi) is 3.55. The maximum Gasteiger partial charge on any atom is 0.339 e. The third-order valence-corrected chi connectivity index (χ3v) is 2.91. The van der Waals surface area contributed by atoms with Crippen LogP contribution in [0.25, 0.3) is 5.69 Å². The Morgan fingerprint density at radius 3 is 2.68 bits per heavy atom. The van der Waals surface area contributed by atoms with Crippen LogP contribution in [0.3, 0.4) is 0 Å². The molecule has 0 spiro atoms. The van der Waals surface area contributed by atoms with Gasteiger partial charge in [0.15, 0.2) is 0 Å². The van der Waals surface area contributed by atoms with E-state index in [1.807, 2.05) is 10.8 Å². The van der Waals surface area contributed by atoms with Crippen LogP contribution in [0.2, 0.25) is 0 Å². The predicted molar refractivity (Wildman–Crippen MR) is 71.2 cm³/mol. The molecule has 1 aromatic carbocycles. The zero-order valence-electron chi connectivity index (χ0n) is 11.1. The summed E-state index contributed by atoms with van der Waals surface area (Å²) in [6.45, 7) is 4.14. The molecule has 0 aliphatic heterocycles. The van der Waals surface area contributed by atoms with Gasteiger partial charge >= 0.3 is 5.97 Å². The lowest BCUT2D eigenvalue weighted by Crippen LogP contribution is -2.02. The molecule has 0 radical (unpaired) electrons. The van der Waals surface area contributed by atoms with Gasteiger partial charge in [-0.25, -0.2) is 9.78 Å². The monoisotopic (exact) mass is 260 g/mol. The van der Waals surface area contributed by atoms with E-state index in [9.17, 15) is 4.79 Å². The van der Waals surface area contributed by atoms with Crippen molar-refractivity contribution in [3.05, 3.63) is 42.0 Å². The molecule has 0 aliphatic rings. The van der Waals surface area contributed by atoms with Crippen LogP contribution in [0, 0.1) is 0 Å². The Hall–Kier alpha value is -2.30. The number of imidazole rings is 1. The summed E-state index contributed by atoms with van der Waals surface area (Å²) in [6, 6.07) is 4.96. The summed E-state index contributed by atoms with van der Waals surface area (Å²) >= 11 is 0. The second kappa shape index (κ2) is 5.14. The Morgan fingerprint density at radius 2 is 2.16 bits per heavy atom. The summed E-state index contributed by atoms with van der Waals surface area (Å²) in [5.41, 5.74) is 1.96. The fourth-order valence-corrected chi connectivity index (χ4v) is 1.79. The number of benzene rings is 1. The van der Waals surface area contributed by atoms with Crippen molar-refractivity contribution in [1.82, 2.24) is 9.55 Å². The van der Waals surface area contributed by atoms with Crippen LogP contribution in [0.4, 0.5) is 0 Å². The average molecular weight is 260 g/mol. The minimum Gasteiger partial charge on any atom is -0.496 e. The average Bonchev–Trinajstić information content (AvgIpc) is 2.87. The summed E-state index contributed by atoms with van der Waals surface area (Å²) in [4.78, 5) is 15.3. The van der Waals surface area contributed by atoms with Crippen LogP contribution in [0.15, 0.2) is 30.7 Å². The van der Waals surface area contributed by atoms with Gasteiger partial charge in [-0.2, -0.15) is 0 Å². The second-order valence-electron chi connectivity index (χ2n) is 4.55. The minimum atomic E-state index is -1.00. The zero-order chi connectivity index (χ0) is 14.0. The number of hydrogen-bond donors (Lipinski definition) is 1. The Labute approximate surface area is 111 Å². The molecule has 0 bridgehead atoms. The number of carboxylic acid groups (broad SMARTS) is 1. The van der Waals surface area contributed by atoms with Crippen LogP contribution in [-0.2, 0) is 0 Å². The quantitative estimate of drug-likeness (QED) is 0.918. The van der Waals surface area contributed by atoms with Gasteiger partial charge in [0.2, 0.25) is 0 Å². The number of aromatic carboxylic acids is 1. The predicted octanol–water partition coefficient (Wildman–Crippen LogP) is 2.70. The van der Waals surface area contributed by atoms with Crippen molar-refractivity contribution in [3.63, 3.8) is 0 Å². The number of aromatic nitrogens is 2. The van der Waals surface area contributed by atoms with Crippen molar-refractivity contribution in [2.24, 2.45) is 0 Å². The molecule has 0 aliphatic carbocycles. The molecule has 0 atom stereocenters. The lowest BCUT2D eigenvalue weighted by Gasteiger charge is -2.08. The van der Waals surface area contributed by atoms with Crippen LogP contribution in [-0.4, -0.2) is 27.7 Å². The van der Waals surface area contributed by atoms with Crippen molar-refractivity contribution >= 4 is 5.97 Å². The number of hydrogen-bond acceptors (Lipinski definition) is 3. The molecule has 0 amide bonds. The highest BCUT2D eigenvalue weighted by Crippen LogP contribution is 2.23. The van der Waals surface area contributed by atoms with E-state index in [2.05, 4.69) is 18.8 Å². The molecule has 100 valence electrons. The van der Waals surface area contributed by atoms with Gasteiger partial charge in [0, 0.05) is 12.3 Å². The fraction of sp³-hybridized carbons (Fsp3) is 0.286. The highest BCUT2D eigenvalue weighted by Gasteiger charge is 2.12. The van der Waals surface area contributed by atoms with Gasteiger partial charge < -0.3 is 14.4 Å². The minimum absolute atomic E-state index is 0.149. The first kappa shape index (κ1) is 13.1. The van der Waals surface area contributed by atoms with Gasteiger partial charge in [-0.15, -0.1) is 0 Å². The van der Waals surface area contributed by atoms with Crippen molar-refractivity contribution in [3.8, 4) is 11.4 Å². The summed E-state index contributed by atoms with van der Waals surface area (Å²) in [7, 11) is 1.46. The van der Waals surface area contributed by atoms with Gasteiger partial charge in [-0.05, 0) is 18.1 Å². The highest BCUT2D eigenvalue weighted by molar-refractivity contribution is 5.91. The molecule has 2 aromatic rings. The van der Waals surface area contributed by atoms with Gasteiger partial charge in [0.1, 0.15) is 11.3 Å². The molecule has 0 saturated carbocycles. The Bertz CT molecular complexity index is 602. The largest absolute Gasteiger partial charge is 0.496 e. The molecular formula is C14H16N2O3. The van der Waals surface area contributed by atoms with Crippen LogP contribution in [0.5, 0.6) is 5.75 Å². The van der Waals surface area contributed by atoms with Crippen molar-refractivity contribution in [2.75, 3.05) is 7.11 Å². The molecule has 1 aromatic heterocycles. The second-order valence-corrected chi connectivity index (χ2v) is 4.55. The molecule has 1 N–H and O–H groups in total. The molecule has 0 fully saturated rings. The third kappa shape index (κ3) is 2.59. The van der Waals surface area contributed by atoms with Gasteiger partial charge in [-0.1, -0.05) is 13.8 Å². The van der Waals surface area contributed by atoms with Crippen LogP contribution >= 0.6 is 0 Å². The van der Waals surface area contributed by atoms with E-state index >= 15 is 0 Å². The number of carboxylic acids is 1. The molecule has 2 rings (SSSR count). The number of nitrogens with zero attached hydrogens (tertiary/aromatic N) is 2. The molecule has 19 heavy (non-hydrogen) atoms. The number of ether oxygens (including phenoxy) is 1. The van der Waals surface area contributed by atoms with E-state index in [0.29, 0.717) is 11.7 Å². The lowest BCUT2D eigenvalue weighted by atomic mass is 10.1. The first-order valence-corrected chi connectivity index (χ1v) is 5.98. The first-order chi connectivity index (χ1) is 9.02. The van der Waals surface area contributed by atoms with E-state index in [1.54, 1.807) is 18.5 Å². The molecular weight excluding hydrogens is 244 g/mol. The number of methoxy groups -OCH3 is 1. The molecule has 5 heteroatoms. The van der Waals surface area contributed by atoms with E-state index in [0.717, 1.165) is 11.4 Å². The van der Waals surface area contributed by atoms with E-state index < -0.39 is 5.97 Å². The Balaban J connectivity index is 2.42. The van der Waals surface area contributed by atoms with E-state index in [-0.39, 0.29) is 5.56 Å². The van der Waals surface area contributed by atoms with Crippen LogP contribution in [0.1, 0.15) is 35.8 Å². The topological polar surface area (TPSA) is 64.4 Å². The molecule has 1 heterocycles. The maximum atomic E-state index is 11.0. The standard InChI is InChI=1S/C14H16N2O3/c1-9(2)12-7-16(8-15-12)10-4-5-11(14(17)18)13(6-10)19-3/h4-9H,1-3H3,(H,17,18). The van der Waals surface area contributed by atoms with E-state index in [1.165, 1.54) is 13.2 Å². The summed E-state index contributed by atoms with van der Waals surface area (Å²) < 4.78 is 6.96. The van der Waals surface area contributed by atoms with Gasteiger partial charge in [-0.3, -0.25) is 0 Å². The zero-order valence-corrected chi connectivity index (χ0v) is 11.1. The van der Waals surface area contributed by atoms with Gasteiger partial charge in [0.05, 0.1) is 24.8 Å². The first-order valence-electron chi connectivity index (χ1n) is 5.98. The Morgan fingerprint density at radius 1 is 1.42 bits per heavy atom. The van der Waals surface area contributed by atoms with Crippen molar-refractivity contribution < 1.29 is 14.6 Å². The SMILES string of the molecule is COc1cc(-n2cnc(C(C)C)c2)ccc1C(=O)O. The third-order valence-electron chi connectivity index (χ3n) is 2.91. The summed E-state index contributed by atoms with van der Waals surface area (Å²) in [5.74, 6) is -0.317. The molecule has 5 nitrogen and oxygen atoms in total. The van der Waals surface area contributed by atoms with Gasteiger partial charge in [0.25, 0.3) is 0 Å². The fourth-order valence-electron chi connectivity index (χ4n) is 1.79. The van der Waals surface area contributed by atoms with Crippen molar-refractivity contribution in [2.45, 2.75) is 19.8 Å². The normalized spacial score (nSPS) is 10.7. The number of rotatable bonds is 4. The van der Waals surface area contributed by atoms with Crippen molar-refractivity contribution in [1.29, 1.82) is 0 Å². The summed E-state index contributed by atoms with van der Waals surface area (Å²) in [5, 5.41) is 9.04. The maximum absolute atomic E-state index is 11.0.